The highest BCUT2D eigenvalue weighted by Gasteiger charge is 2.29. The molecule has 1 aliphatic carbocycles. The molecule has 0 bridgehead atoms. The molecule has 3 rings (SSSR count). The quantitative estimate of drug-likeness (QED) is 0.905. The van der Waals surface area contributed by atoms with Gasteiger partial charge in [-0.2, -0.15) is 0 Å². The third kappa shape index (κ3) is 4.48. The summed E-state index contributed by atoms with van der Waals surface area (Å²) in [5, 5.41) is 0. The van der Waals surface area contributed by atoms with Gasteiger partial charge in [0.25, 0.3) is 0 Å². The molecule has 1 aliphatic heterocycles. The zero-order valence-corrected chi connectivity index (χ0v) is 14.2. The molecule has 0 unspecified atom stereocenters. The molecule has 1 amide bonds. The van der Waals surface area contributed by atoms with Crippen LogP contribution in [0.25, 0.3) is 0 Å². The predicted octanol–water partition coefficient (Wildman–Crippen LogP) is 1.75. The van der Waals surface area contributed by atoms with Crippen molar-refractivity contribution in [3.8, 4) is 0 Å². The van der Waals surface area contributed by atoms with Gasteiger partial charge in [0.15, 0.2) is 0 Å². The van der Waals surface area contributed by atoms with Crippen LogP contribution in [0, 0.1) is 0 Å². The molecule has 2 heterocycles. The summed E-state index contributed by atoms with van der Waals surface area (Å²) in [6.07, 6.45) is 6.03. The Balaban J connectivity index is 0.00000121. The number of nitrogens with zero attached hydrogens (tertiary/aromatic N) is 3. The van der Waals surface area contributed by atoms with Gasteiger partial charge in [-0.3, -0.25) is 14.7 Å². The van der Waals surface area contributed by atoms with Crippen LogP contribution in [-0.4, -0.2) is 52.9 Å². The Kier molecular flexibility index (Phi) is 7.39. The lowest BCUT2D eigenvalue weighted by molar-refractivity contribution is -0.132. The van der Waals surface area contributed by atoms with Gasteiger partial charge in [-0.05, 0) is 25.0 Å². The number of hydrogen-bond acceptors (Lipinski definition) is 4. The lowest BCUT2D eigenvalue weighted by Gasteiger charge is -2.42. The number of amides is 1. The zero-order valence-electron chi connectivity index (χ0n) is 12.6. The number of aromatic nitrogens is 1. The average molecular weight is 347 g/mol. The van der Waals surface area contributed by atoms with Crippen molar-refractivity contribution in [1.29, 1.82) is 0 Å². The molecule has 7 heteroatoms. The van der Waals surface area contributed by atoms with Crippen LogP contribution in [0.3, 0.4) is 0 Å². The number of pyridine rings is 1. The van der Waals surface area contributed by atoms with Crippen LogP contribution in [0.1, 0.15) is 25.0 Å². The van der Waals surface area contributed by atoms with Crippen molar-refractivity contribution in [3.05, 3.63) is 24.0 Å². The van der Waals surface area contributed by atoms with E-state index in [-0.39, 0.29) is 30.7 Å². The van der Waals surface area contributed by atoms with E-state index >= 15 is 0 Å². The fourth-order valence-electron chi connectivity index (χ4n) is 2.90. The second-order valence-electron chi connectivity index (χ2n) is 5.76. The first-order chi connectivity index (χ1) is 9.72. The van der Waals surface area contributed by atoms with Crippen molar-refractivity contribution < 1.29 is 4.79 Å². The number of anilines is 1. The Morgan fingerprint density at radius 1 is 1.18 bits per heavy atom. The second kappa shape index (κ2) is 8.56. The number of carbonyl (C=O) groups excluding carboxylic acids is 1. The van der Waals surface area contributed by atoms with Crippen LogP contribution in [0.4, 0.5) is 5.69 Å². The molecule has 22 heavy (non-hydrogen) atoms. The predicted molar refractivity (Wildman–Crippen MR) is 92.6 cm³/mol. The van der Waals surface area contributed by atoms with Gasteiger partial charge >= 0.3 is 0 Å². The minimum absolute atomic E-state index is 0. The molecule has 0 radical (unpaired) electrons. The maximum Gasteiger partial charge on any atom is 0.228 e. The van der Waals surface area contributed by atoms with E-state index in [4.69, 9.17) is 5.73 Å². The minimum Gasteiger partial charge on any atom is -0.397 e. The van der Waals surface area contributed by atoms with Gasteiger partial charge in [0.2, 0.25) is 5.91 Å². The van der Waals surface area contributed by atoms with Crippen LogP contribution in [-0.2, 0) is 11.2 Å². The largest absolute Gasteiger partial charge is 0.397 e. The van der Waals surface area contributed by atoms with Crippen LogP contribution in [0.15, 0.2) is 18.3 Å². The van der Waals surface area contributed by atoms with Gasteiger partial charge in [-0.25, -0.2) is 0 Å². The summed E-state index contributed by atoms with van der Waals surface area (Å²) in [6.45, 7) is 3.74. The fraction of sp³-hybridized carbons (Fsp3) is 0.600. The molecule has 2 N–H and O–H groups in total. The average Bonchev–Trinajstić information content (AvgIpc) is 2.40. The van der Waals surface area contributed by atoms with E-state index in [1.165, 1.54) is 19.3 Å². The van der Waals surface area contributed by atoms with Gasteiger partial charge in [-0.1, -0.05) is 6.42 Å². The molecular formula is C15H24Cl2N4O. The smallest absolute Gasteiger partial charge is 0.228 e. The van der Waals surface area contributed by atoms with Crippen LogP contribution in [0.2, 0.25) is 0 Å². The second-order valence-corrected chi connectivity index (χ2v) is 5.76. The topological polar surface area (TPSA) is 62.5 Å². The summed E-state index contributed by atoms with van der Waals surface area (Å²) in [6, 6.07) is 4.41. The third-order valence-corrected chi connectivity index (χ3v) is 4.44. The maximum absolute atomic E-state index is 12.2. The Labute approximate surface area is 144 Å². The Morgan fingerprint density at radius 2 is 1.86 bits per heavy atom. The highest BCUT2D eigenvalue weighted by atomic mass is 35.5. The summed E-state index contributed by atoms with van der Waals surface area (Å²) < 4.78 is 0. The van der Waals surface area contributed by atoms with Gasteiger partial charge in [0.1, 0.15) is 0 Å². The van der Waals surface area contributed by atoms with E-state index < -0.39 is 0 Å². The molecule has 124 valence electrons. The van der Waals surface area contributed by atoms with E-state index in [1.807, 2.05) is 11.0 Å². The number of hydrogen-bond donors (Lipinski definition) is 1. The first kappa shape index (κ1) is 19.0. The van der Waals surface area contributed by atoms with Gasteiger partial charge in [-0.15, -0.1) is 24.8 Å². The molecule has 0 spiro atoms. The van der Waals surface area contributed by atoms with E-state index in [9.17, 15) is 4.79 Å². The molecule has 0 aromatic carbocycles. The van der Waals surface area contributed by atoms with Crippen molar-refractivity contribution >= 4 is 36.4 Å². The summed E-state index contributed by atoms with van der Waals surface area (Å²) in [5.74, 6) is 0.176. The molecular weight excluding hydrogens is 323 g/mol. The van der Waals surface area contributed by atoms with E-state index in [2.05, 4.69) is 9.88 Å². The normalized spacial score (nSPS) is 18.8. The lowest BCUT2D eigenvalue weighted by Crippen LogP contribution is -2.53. The summed E-state index contributed by atoms with van der Waals surface area (Å²) in [4.78, 5) is 20.9. The minimum atomic E-state index is 0. The van der Waals surface area contributed by atoms with E-state index in [1.54, 1.807) is 12.3 Å². The molecule has 2 fully saturated rings. The number of halogens is 2. The Bertz CT molecular complexity index is 471. The number of nitrogen functional groups attached to an aromatic ring is 1. The number of carbonyl (C=O) groups is 1. The molecule has 1 saturated carbocycles. The SMILES string of the molecule is Cl.Cl.Nc1ccc(CC(=O)N2CCN(C3CCC3)CC2)nc1. The van der Waals surface area contributed by atoms with Gasteiger partial charge < -0.3 is 10.6 Å². The standard InChI is InChI=1S/C15H22N4O.2ClH/c16-12-4-5-13(17-11-12)10-15(20)19-8-6-18(7-9-19)14-2-1-3-14;;/h4-5,11,14H,1-3,6-10,16H2;2*1H. The van der Waals surface area contributed by atoms with Gasteiger partial charge in [0.05, 0.1) is 18.3 Å². The highest BCUT2D eigenvalue weighted by Crippen LogP contribution is 2.25. The lowest BCUT2D eigenvalue weighted by atomic mass is 9.91. The van der Waals surface area contributed by atoms with Crippen LogP contribution in [0.5, 0.6) is 0 Å². The highest BCUT2D eigenvalue weighted by molar-refractivity contribution is 5.85. The molecule has 2 aliphatic rings. The van der Waals surface area contributed by atoms with Crippen molar-refractivity contribution in [2.24, 2.45) is 0 Å². The van der Waals surface area contributed by atoms with Crippen molar-refractivity contribution in [3.63, 3.8) is 0 Å². The van der Waals surface area contributed by atoms with Gasteiger partial charge in [0, 0.05) is 37.9 Å². The van der Waals surface area contributed by atoms with Crippen molar-refractivity contribution in [2.75, 3.05) is 31.9 Å². The Morgan fingerprint density at radius 3 is 2.36 bits per heavy atom. The molecule has 1 aromatic heterocycles. The summed E-state index contributed by atoms with van der Waals surface area (Å²) >= 11 is 0. The molecule has 1 aromatic rings. The molecule has 0 atom stereocenters. The first-order valence-electron chi connectivity index (χ1n) is 7.44. The monoisotopic (exact) mass is 346 g/mol. The number of nitrogens with two attached hydrogens (primary N) is 1. The van der Waals surface area contributed by atoms with Crippen molar-refractivity contribution in [2.45, 2.75) is 31.7 Å². The van der Waals surface area contributed by atoms with Crippen LogP contribution >= 0.6 is 24.8 Å². The molecule has 5 nitrogen and oxygen atoms in total. The maximum atomic E-state index is 12.2. The zero-order chi connectivity index (χ0) is 13.9. The van der Waals surface area contributed by atoms with E-state index in [0.29, 0.717) is 12.1 Å². The summed E-state index contributed by atoms with van der Waals surface area (Å²) in [7, 11) is 0. The van der Waals surface area contributed by atoms with Crippen LogP contribution < -0.4 is 5.73 Å². The third-order valence-electron chi connectivity index (χ3n) is 4.44. The number of rotatable bonds is 3. The first-order valence-corrected chi connectivity index (χ1v) is 7.44. The Hall–Kier alpha value is -1.04. The summed E-state index contributed by atoms with van der Waals surface area (Å²) in [5.41, 5.74) is 7.03. The molecule has 1 saturated heterocycles. The number of piperazine rings is 1. The van der Waals surface area contributed by atoms with Crippen molar-refractivity contribution in [1.82, 2.24) is 14.8 Å². The fourth-order valence-corrected chi connectivity index (χ4v) is 2.90. The van der Waals surface area contributed by atoms with E-state index in [0.717, 1.165) is 37.9 Å².